The Bertz CT molecular complexity index is 1120. The maximum atomic E-state index is 14.1. The molecule has 3 rings (SSSR count). The van der Waals surface area contributed by atoms with Crippen LogP contribution >= 0.6 is 23.2 Å². The molecule has 0 bridgehead atoms. The van der Waals surface area contributed by atoms with Crippen molar-refractivity contribution in [1.29, 1.82) is 0 Å². The lowest BCUT2D eigenvalue weighted by atomic mass is 10.1. The van der Waals surface area contributed by atoms with E-state index < -0.39 is 17.7 Å². The van der Waals surface area contributed by atoms with Gasteiger partial charge in [0.1, 0.15) is 11.6 Å². The Hall–Kier alpha value is -2.89. The van der Waals surface area contributed by atoms with Crippen LogP contribution in [0.1, 0.15) is 18.1 Å². The maximum Gasteiger partial charge on any atom is 0.322 e. The van der Waals surface area contributed by atoms with Crippen LogP contribution in [0, 0.1) is 11.6 Å². The van der Waals surface area contributed by atoms with Crippen molar-refractivity contribution < 1.29 is 13.6 Å². The first-order valence-corrected chi connectivity index (χ1v) is 10.7. The maximum absolute atomic E-state index is 14.1. The highest BCUT2D eigenvalue weighted by molar-refractivity contribution is 6.35. The van der Waals surface area contributed by atoms with Crippen molar-refractivity contribution >= 4 is 41.0 Å². The van der Waals surface area contributed by atoms with E-state index in [1.807, 2.05) is 49.4 Å². The predicted octanol–water partition coefficient (Wildman–Crippen LogP) is 7.45. The number of amides is 2. The van der Waals surface area contributed by atoms with Gasteiger partial charge in [0.15, 0.2) is 0 Å². The van der Waals surface area contributed by atoms with Crippen molar-refractivity contribution in [2.24, 2.45) is 0 Å². The highest BCUT2D eigenvalue weighted by Gasteiger charge is 2.17. The minimum atomic E-state index is -0.837. The number of nitrogens with zero attached hydrogens (tertiary/aromatic N) is 1. The van der Waals surface area contributed by atoms with Gasteiger partial charge >= 0.3 is 6.03 Å². The summed E-state index contributed by atoms with van der Waals surface area (Å²) in [7, 11) is 0. The molecular weight excluding hydrogens is 453 g/mol. The van der Waals surface area contributed by atoms with Crippen LogP contribution in [0.5, 0.6) is 0 Å². The Morgan fingerprint density at radius 3 is 2.47 bits per heavy atom. The van der Waals surface area contributed by atoms with Gasteiger partial charge in [0.2, 0.25) is 0 Å². The normalized spacial score (nSPS) is 11.3. The molecule has 0 saturated carbocycles. The number of carbonyl (C=O) groups excluding carboxylic acids is 1. The molecule has 0 aliphatic carbocycles. The third-order valence-electron chi connectivity index (χ3n) is 4.78. The van der Waals surface area contributed by atoms with Crippen LogP contribution < -0.4 is 5.32 Å². The van der Waals surface area contributed by atoms with Gasteiger partial charge in [-0.2, -0.15) is 0 Å². The Morgan fingerprint density at radius 2 is 1.78 bits per heavy atom. The van der Waals surface area contributed by atoms with E-state index in [0.29, 0.717) is 29.6 Å². The molecule has 0 heterocycles. The van der Waals surface area contributed by atoms with Crippen molar-refractivity contribution in [3.05, 3.63) is 105 Å². The van der Waals surface area contributed by atoms with Crippen molar-refractivity contribution in [3.63, 3.8) is 0 Å². The molecule has 2 amide bonds. The minimum Gasteiger partial charge on any atom is -0.320 e. The number of nitrogens with one attached hydrogen (secondary N) is 1. The van der Waals surface area contributed by atoms with E-state index in [1.54, 1.807) is 17.0 Å². The molecule has 32 heavy (non-hydrogen) atoms. The fourth-order valence-corrected chi connectivity index (χ4v) is 3.70. The summed E-state index contributed by atoms with van der Waals surface area (Å²) in [6, 6.07) is 17.5. The average molecular weight is 475 g/mol. The van der Waals surface area contributed by atoms with Gasteiger partial charge < -0.3 is 10.2 Å². The summed E-state index contributed by atoms with van der Waals surface area (Å²) in [6.45, 7) is 2.56. The van der Waals surface area contributed by atoms with Gasteiger partial charge in [0.05, 0.1) is 5.69 Å². The molecule has 1 N–H and O–H groups in total. The van der Waals surface area contributed by atoms with E-state index in [4.69, 9.17) is 23.2 Å². The zero-order valence-electron chi connectivity index (χ0n) is 17.4. The number of anilines is 1. The number of benzene rings is 3. The molecule has 166 valence electrons. The van der Waals surface area contributed by atoms with E-state index in [-0.39, 0.29) is 5.69 Å². The highest BCUT2D eigenvalue weighted by Crippen LogP contribution is 2.22. The molecule has 0 unspecified atom stereocenters. The van der Waals surface area contributed by atoms with Gasteiger partial charge in [-0.15, -0.1) is 0 Å². The number of hydrogen-bond donors (Lipinski definition) is 1. The summed E-state index contributed by atoms with van der Waals surface area (Å²) in [5.74, 6) is -1.55. The fraction of sp³-hybridized carbons (Fsp3) is 0.160. The van der Waals surface area contributed by atoms with Crippen LogP contribution in [0.4, 0.5) is 19.3 Å². The van der Waals surface area contributed by atoms with Crippen molar-refractivity contribution in [2.45, 2.75) is 13.3 Å². The summed E-state index contributed by atoms with van der Waals surface area (Å²) in [4.78, 5) is 14.5. The zero-order chi connectivity index (χ0) is 23.1. The molecule has 0 aliphatic heterocycles. The van der Waals surface area contributed by atoms with Crippen molar-refractivity contribution in [1.82, 2.24) is 4.90 Å². The minimum absolute atomic E-state index is 0.0874. The largest absolute Gasteiger partial charge is 0.322 e. The third-order valence-corrected chi connectivity index (χ3v) is 5.37. The zero-order valence-corrected chi connectivity index (χ0v) is 18.9. The van der Waals surface area contributed by atoms with E-state index in [2.05, 4.69) is 5.32 Å². The SMILES string of the molecule is C/C(=C\c1ccccc1)CN(CCc1ccc(Cl)cc1Cl)C(=O)Nc1ccc(F)cc1F. The standard InChI is InChI=1S/C25H22Cl2F2N2O/c1-17(13-18-5-3-2-4-6-18)16-31(12-11-19-7-8-20(26)14-22(19)27)25(32)30-24-10-9-21(28)15-23(24)29/h2-10,13-15H,11-12,16H2,1H3,(H,30,32)/b17-13+. The second kappa shape index (κ2) is 11.1. The first kappa shape index (κ1) is 23.8. The molecule has 0 saturated heterocycles. The number of carbonyl (C=O) groups is 1. The van der Waals surface area contributed by atoms with Crippen LogP contribution in [0.25, 0.3) is 6.08 Å². The van der Waals surface area contributed by atoms with Gasteiger partial charge in [-0.1, -0.05) is 71.2 Å². The summed E-state index contributed by atoms with van der Waals surface area (Å²) in [5.41, 5.74) is 2.70. The van der Waals surface area contributed by atoms with Crippen LogP contribution in [0.3, 0.4) is 0 Å². The fourth-order valence-electron chi connectivity index (χ4n) is 3.20. The van der Waals surface area contributed by atoms with Gasteiger partial charge in [-0.3, -0.25) is 0 Å². The smallest absolute Gasteiger partial charge is 0.320 e. The van der Waals surface area contributed by atoms with E-state index >= 15 is 0 Å². The summed E-state index contributed by atoms with van der Waals surface area (Å²) < 4.78 is 27.3. The first-order valence-electron chi connectivity index (χ1n) is 9.99. The monoisotopic (exact) mass is 474 g/mol. The number of halogens is 4. The quantitative estimate of drug-likeness (QED) is 0.378. The molecule has 7 heteroatoms. The molecule has 0 atom stereocenters. The number of hydrogen-bond acceptors (Lipinski definition) is 1. The number of rotatable bonds is 7. The molecular formula is C25H22Cl2F2N2O. The molecule has 3 aromatic rings. The second-order valence-electron chi connectivity index (χ2n) is 7.36. The van der Waals surface area contributed by atoms with Gasteiger partial charge in [0, 0.05) is 29.2 Å². The first-order chi connectivity index (χ1) is 15.3. The Balaban J connectivity index is 1.78. The molecule has 0 fully saturated rings. The lowest BCUT2D eigenvalue weighted by molar-refractivity contribution is 0.216. The highest BCUT2D eigenvalue weighted by atomic mass is 35.5. The van der Waals surface area contributed by atoms with Gasteiger partial charge in [0.25, 0.3) is 0 Å². The summed E-state index contributed by atoms with van der Waals surface area (Å²) in [6.07, 6.45) is 2.46. The lowest BCUT2D eigenvalue weighted by Crippen LogP contribution is -2.38. The number of urea groups is 1. The Kier molecular flexibility index (Phi) is 8.26. The van der Waals surface area contributed by atoms with E-state index in [1.165, 1.54) is 6.07 Å². The molecule has 3 nitrogen and oxygen atoms in total. The third kappa shape index (κ3) is 6.81. The van der Waals surface area contributed by atoms with Crippen LogP contribution in [0.15, 0.2) is 72.3 Å². The molecule has 3 aromatic carbocycles. The molecule has 0 aromatic heterocycles. The topological polar surface area (TPSA) is 32.3 Å². The van der Waals surface area contributed by atoms with E-state index in [9.17, 15) is 13.6 Å². The Labute approximate surface area is 196 Å². The van der Waals surface area contributed by atoms with Gasteiger partial charge in [-0.25, -0.2) is 13.6 Å². The van der Waals surface area contributed by atoms with Crippen LogP contribution in [-0.4, -0.2) is 24.0 Å². The summed E-state index contributed by atoms with van der Waals surface area (Å²) in [5, 5.41) is 3.57. The van der Waals surface area contributed by atoms with Crippen molar-refractivity contribution in [2.75, 3.05) is 18.4 Å². The van der Waals surface area contributed by atoms with Crippen LogP contribution in [0.2, 0.25) is 10.0 Å². The van der Waals surface area contributed by atoms with E-state index in [0.717, 1.165) is 28.8 Å². The molecule has 0 spiro atoms. The lowest BCUT2D eigenvalue weighted by Gasteiger charge is -2.24. The van der Waals surface area contributed by atoms with Crippen molar-refractivity contribution in [3.8, 4) is 0 Å². The molecule has 0 radical (unpaired) electrons. The average Bonchev–Trinajstić information content (AvgIpc) is 2.74. The van der Waals surface area contributed by atoms with Crippen LogP contribution in [-0.2, 0) is 6.42 Å². The predicted molar refractivity (Wildman–Crippen MR) is 127 cm³/mol. The summed E-state index contributed by atoms with van der Waals surface area (Å²) >= 11 is 12.2. The second-order valence-corrected chi connectivity index (χ2v) is 8.21. The molecule has 0 aliphatic rings. The Morgan fingerprint density at radius 1 is 1.03 bits per heavy atom. The van der Waals surface area contributed by atoms with Gasteiger partial charge in [-0.05, 0) is 48.7 Å².